The highest BCUT2D eigenvalue weighted by atomic mass is 16.6. The maximum absolute atomic E-state index is 11.7. The SMILES string of the molecule is CC(C)(C)OC(=O)C(N)CCCCCN(N)C(=O)OC(C)(C)C. The number of esters is 1. The maximum Gasteiger partial charge on any atom is 0.424 e. The van der Waals surface area contributed by atoms with E-state index in [1.807, 2.05) is 20.8 Å². The fourth-order valence-corrected chi connectivity index (χ4v) is 1.73. The van der Waals surface area contributed by atoms with Crippen LogP contribution in [0.4, 0.5) is 4.79 Å². The van der Waals surface area contributed by atoms with Crippen LogP contribution >= 0.6 is 0 Å². The Hall–Kier alpha value is -1.34. The van der Waals surface area contributed by atoms with Crippen molar-refractivity contribution >= 4 is 12.1 Å². The van der Waals surface area contributed by atoms with E-state index in [0.29, 0.717) is 13.0 Å². The maximum atomic E-state index is 11.7. The van der Waals surface area contributed by atoms with Crippen molar-refractivity contribution in [2.45, 2.75) is 84.5 Å². The highest BCUT2D eigenvalue weighted by Gasteiger charge is 2.22. The lowest BCUT2D eigenvalue weighted by Gasteiger charge is -2.24. The zero-order chi connectivity index (χ0) is 18.3. The second-order valence-electron chi connectivity index (χ2n) is 7.66. The molecule has 0 rings (SSSR count). The van der Waals surface area contributed by atoms with Crippen LogP contribution in [0.15, 0.2) is 0 Å². The molecule has 0 heterocycles. The summed E-state index contributed by atoms with van der Waals surface area (Å²) in [6, 6.07) is -0.617. The zero-order valence-electron chi connectivity index (χ0n) is 15.3. The molecule has 1 unspecified atom stereocenters. The molecular formula is C16H33N3O4. The number of nitrogens with two attached hydrogens (primary N) is 2. The highest BCUT2D eigenvalue weighted by molar-refractivity contribution is 5.75. The van der Waals surface area contributed by atoms with Crippen LogP contribution in [0.2, 0.25) is 0 Å². The van der Waals surface area contributed by atoms with Crippen molar-refractivity contribution in [1.29, 1.82) is 0 Å². The number of hydrogen-bond donors (Lipinski definition) is 2. The Labute approximate surface area is 139 Å². The molecule has 0 aromatic heterocycles. The number of nitrogens with zero attached hydrogens (tertiary/aromatic N) is 1. The first kappa shape index (κ1) is 21.7. The molecule has 0 radical (unpaired) electrons. The number of rotatable bonds is 7. The topological polar surface area (TPSA) is 108 Å². The van der Waals surface area contributed by atoms with E-state index in [-0.39, 0.29) is 5.97 Å². The average molecular weight is 331 g/mol. The Morgan fingerprint density at radius 2 is 1.48 bits per heavy atom. The third kappa shape index (κ3) is 11.8. The van der Waals surface area contributed by atoms with Gasteiger partial charge in [-0.05, 0) is 54.4 Å². The molecule has 7 nitrogen and oxygen atoms in total. The summed E-state index contributed by atoms with van der Waals surface area (Å²) in [6.45, 7) is 11.2. The summed E-state index contributed by atoms with van der Waals surface area (Å²) >= 11 is 0. The molecule has 0 aliphatic carbocycles. The molecule has 0 bridgehead atoms. The molecule has 0 saturated heterocycles. The lowest BCUT2D eigenvalue weighted by molar-refractivity contribution is -0.156. The smallest absolute Gasteiger partial charge is 0.424 e. The number of hydrogen-bond acceptors (Lipinski definition) is 6. The molecule has 1 atom stereocenters. The molecule has 0 fully saturated rings. The van der Waals surface area contributed by atoms with Crippen molar-refractivity contribution in [2.24, 2.45) is 11.6 Å². The van der Waals surface area contributed by atoms with E-state index in [4.69, 9.17) is 21.1 Å². The Balaban J connectivity index is 3.88. The molecule has 0 aromatic rings. The standard InChI is InChI=1S/C16H33N3O4/c1-15(2,3)22-13(20)12(17)10-8-7-9-11-19(18)14(21)23-16(4,5)6/h12H,7-11,17-18H2,1-6H3. The lowest BCUT2D eigenvalue weighted by atomic mass is 10.1. The van der Waals surface area contributed by atoms with E-state index in [1.165, 1.54) is 0 Å². The summed E-state index contributed by atoms with van der Waals surface area (Å²) in [7, 11) is 0. The third-order valence-electron chi connectivity index (χ3n) is 2.75. The van der Waals surface area contributed by atoms with Crippen LogP contribution in [-0.2, 0) is 14.3 Å². The van der Waals surface area contributed by atoms with Gasteiger partial charge in [-0.25, -0.2) is 15.6 Å². The monoisotopic (exact) mass is 331 g/mol. The van der Waals surface area contributed by atoms with Crippen molar-refractivity contribution in [1.82, 2.24) is 5.01 Å². The van der Waals surface area contributed by atoms with E-state index in [9.17, 15) is 9.59 Å². The molecule has 0 aliphatic heterocycles. The molecule has 0 aromatic carbocycles. The molecule has 7 heteroatoms. The predicted molar refractivity (Wildman–Crippen MR) is 89.4 cm³/mol. The minimum absolute atomic E-state index is 0.383. The number of carbonyl (C=O) groups is 2. The van der Waals surface area contributed by atoms with Crippen LogP contribution in [-0.4, -0.2) is 40.9 Å². The van der Waals surface area contributed by atoms with E-state index in [1.54, 1.807) is 20.8 Å². The number of carbonyl (C=O) groups excluding carboxylic acids is 2. The van der Waals surface area contributed by atoms with E-state index in [2.05, 4.69) is 0 Å². The fourth-order valence-electron chi connectivity index (χ4n) is 1.73. The van der Waals surface area contributed by atoms with Crippen molar-refractivity contribution < 1.29 is 19.1 Å². The lowest BCUT2D eigenvalue weighted by Crippen LogP contribution is -2.42. The normalized spacial score (nSPS) is 13.4. The average Bonchev–Trinajstić information content (AvgIpc) is 2.33. The van der Waals surface area contributed by atoms with Crippen molar-refractivity contribution in [3.8, 4) is 0 Å². The summed E-state index contributed by atoms with van der Waals surface area (Å²) in [5.41, 5.74) is 4.71. The third-order valence-corrected chi connectivity index (χ3v) is 2.75. The van der Waals surface area contributed by atoms with Crippen molar-refractivity contribution in [3.05, 3.63) is 0 Å². The van der Waals surface area contributed by atoms with Crippen LogP contribution in [0.5, 0.6) is 0 Å². The number of amides is 1. The Morgan fingerprint density at radius 1 is 0.957 bits per heavy atom. The highest BCUT2D eigenvalue weighted by Crippen LogP contribution is 2.12. The van der Waals surface area contributed by atoms with Crippen LogP contribution in [0.1, 0.15) is 67.2 Å². The molecule has 0 saturated carbocycles. The van der Waals surface area contributed by atoms with Gasteiger partial charge in [0.1, 0.15) is 17.2 Å². The number of hydrazine groups is 1. The molecule has 1 amide bonds. The van der Waals surface area contributed by atoms with Crippen molar-refractivity contribution in [2.75, 3.05) is 6.54 Å². The molecule has 23 heavy (non-hydrogen) atoms. The van der Waals surface area contributed by atoms with E-state index >= 15 is 0 Å². The fraction of sp³-hybridized carbons (Fsp3) is 0.875. The van der Waals surface area contributed by atoms with Gasteiger partial charge in [-0.1, -0.05) is 12.8 Å². The number of ether oxygens (including phenoxy) is 2. The molecular weight excluding hydrogens is 298 g/mol. The summed E-state index contributed by atoms with van der Waals surface area (Å²) in [6.07, 6.45) is 2.31. The van der Waals surface area contributed by atoms with Gasteiger partial charge in [0.05, 0.1) is 0 Å². The van der Waals surface area contributed by atoms with E-state index < -0.39 is 23.3 Å². The van der Waals surface area contributed by atoms with Gasteiger partial charge >= 0.3 is 12.1 Å². The Morgan fingerprint density at radius 3 is 1.96 bits per heavy atom. The molecule has 136 valence electrons. The summed E-state index contributed by atoms with van der Waals surface area (Å²) < 4.78 is 10.4. The van der Waals surface area contributed by atoms with Crippen LogP contribution in [0.3, 0.4) is 0 Å². The van der Waals surface area contributed by atoms with Gasteiger partial charge in [-0.2, -0.15) is 0 Å². The zero-order valence-corrected chi connectivity index (χ0v) is 15.3. The van der Waals surface area contributed by atoms with Gasteiger partial charge in [-0.15, -0.1) is 0 Å². The first-order valence-corrected chi connectivity index (χ1v) is 8.05. The van der Waals surface area contributed by atoms with Gasteiger partial charge in [0.25, 0.3) is 0 Å². The molecule has 4 N–H and O–H groups in total. The summed E-state index contributed by atoms with van der Waals surface area (Å²) in [5, 5.41) is 1.07. The minimum Gasteiger partial charge on any atom is -0.459 e. The first-order valence-electron chi connectivity index (χ1n) is 8.05. The van der Waals surface area contributed by atoms with Crippen LogP contribution in [0, 0.1) is 0 Å². The predicted octanol–water partition coefficient (Wildman–Crippen LogP) is 2.33. The second-order valence-corrected chi connectivity index (χ2v) is 7.66. The number of unbranched alkanes of at least 4 members (excludes halogenated alkanes) is 2. The van der Waals surface area contributed by atoms with Gasteiger partial charge in [0.15, 0.2) is 0 Å². The van der Waals surface area contributed by atoms with Crippen LogP contribution in [0.25, 0.3) is 0 Å². The van der Waals surface area contributed by atoms with E-state index in [0.717, 1.165) is 24.3 Å². The quantitative estimate of drug-likeness (QED) is 0.244. The second kappa shape index (κ2) is 9.08. The molecule has 0 spiro atoms. The summed E-state index contributed by atoms with van der Waals surface area (Å²) in [4.78, 5) is 23.4. The first-order chi connectivity index (χ1) is 10.3. The van der Waals surface area contributed by atoms with Gasteiger partial charge in [0.2, 0.25) is 0 Å². The van der Waals surface area contributed by atoms with Crippen LogP contribution < -0.4 is 11.6 Å². The van der Waals surface area contributed by atoms with Gasteiger partial charge in [0, 0.05) is 6.54 Å². The Kier molecular flexibility index (Phi) is 8.55. The molecule has 0 aliphatic rings. The van der Waals surface area contributed by atoms with Crippen molar-refractivity contribution in [3.63, 3.8) is 0 Å². The minimum atomic E-state index is -0.617. The van der Waals surface area contributed by atoms with Gasteiger partial charge in [-0.3, -0.25) is 4.79 Å². The van der Waals surface area contributed by atoms with Gasteiger partial charge < -0.3 is 15.2 Å². The Bertz CT molecular complexity index is 350. The largest absolute Gasteiger partial charge is 0.459 e. The summed E-state index contributed by atoms with van der Waals surface area (Å²) in [5.74, 6) is 5.26.